The highest BCUT2D eigenvalue weighted by Gasteiger charge is 2.43. The predicted molar refractivity (Wildman–Crippen MR) is 154 cm³/mol. The van der Waals surface area contributed by atoms with Gasteiger partial charge in [-0.05, 0) is 45.7 Å². The van der Waals surface area contributed by atoms with Crippen molar-refractivity contribution in [1.82, 2.24) is 15.3 Å². The molecule has 4 aromatic rings. The summed E-state index contributed by atoms with van der Waals surface area (Å²) in [7, 11) is 2.50. The number of methoxy groups -OCH3 is 2. The van der Waals surface area contributed by atoms with Crippen LogP contribution in [0.5, 0.6) is 0 Å². The molecule has 0 aliphatic rings. The second kappa shape index (κ2) is 12.7. The van der Waals surface area contributed by atoms with E-state index in [4.69, 9.17) is 9.47 Å². The van der Waals surface area contributed by atoms with Crippen LogP contribution in [0.3, 0.4) is 0 Å². The minimum atomic E-state index is -1.07. The standard InChI is InChI=1S/C30H28IN3O5/c1-38-24(35)19-18-23(28(37)39-2)32-27(36)25-26(34-29(31)33-25)30(20-12-6-3-7-13-20,21-14-8-4-9-15-21)22-16-10-5-11-17-22/h3-17,23H,18-19H2,1-2H3,(H,32,36)(H,33,34)/t23-/m0/s1. The highest BCUT2D eigenvalue weighted by Crippen LogP contribution is 2.45. The summed E-state index contributed by atoms with van der Waals surface area (Å²) in [6.45, 7) is 0. The lowest BCUT2D eigenvalue weighted by molar-refractivity contribution is -0.144. The van der Waals surface area contributed by atoms with E-state index in [2.05, 4.69) is 15.3 Å². The largest absolute Gasteiger partial charge is 0.469 e. The summed E-state index contributed by atoms with van der Waals surface area (Å²) in [5.74, 6) is -1.74. The Morgan fingerprint density at radius 2 is 1.33 bits per heavy atom. The van der Waals surface area contributed by atoms with Gasteiger partial charge in [-0.2, -0.15) is 0 Å². The van der Waals surface area contributed by atoms with Gasteiger partial charge in [0.25, 0.3) is 5.91 Å². The fourth-order valence-corrected chi connectivity index (χ4v) is 5.27. The lowest BCUT2D eigenvalue weighted by Crippen LogP contribution is -2.43. The normalized spacial score (nSPS) is 11.9. The summed E-state index contributed by atoms with van der Waals surface area (Å²) in [5, 5.41) is 2.74. The molecule has 0 bridgehead atoms. The van der Waals surface area contributed by atoms with Gasteiger partial charge < -0.3 is 19.8 Å². The van der Waals surface area contributed by atoms with E-state index in [9.17, 15) is 14.4 Å². The lowest BCUT2D eigenvalue weighted by Gasteiger charge is -2.36. The molecule has 9 heteroatoms. The maximum absolute atomic E-state index is 13.8. The number of rotatable bonds is 10. The number of ether oxygens (including phenoxy) is 2. The molecule has 0 aliphatic carbocycles. The molecule has 0 fully saturated rings. The first-order chi connectivity index (χ1) is 18.9. The summed E-state index contributed by atoms with van der Waals surface area (Å²) in [6, 6.07) is 28.6. The number of benzene rings is 3. The van der Waals surface area contributed by atoms with Gasteiger partial charge in [-0.3, -0.25) is 9.59 Å². The fraction of sp³-hybridized carbons (Fsp3) is 0.200. The second-order valence-corrected chi connectivity index (χ2v) is 9.79. The van der Waals surface area contributed by atoms with Crippen molar-refractivity contribution >= 4 is 40.4 Å². The van der Waals surface area contributed by atoms with E-state index in [0.29, 0.717) is 9.53 Å². The summed E-state index contributed by atoms with van der Waals surface area (Å²) in [6.07, 6.45) is -0.0490. The molecule has 0 radical (unpaired) electrons. The van der Waals surface area contributed by atoms with E-state index < -0.39 is 29.3 Å². The summed E-state index contributed by atoms with van der Waals surface area (Å²) >= 11 is 2.04. The molecule has 0 unspecified atom stereocenters. The molecule has 1 atom stereocenters. The number of carbonyl (C=O) groups is 3. The molecule has 1 heterocycles. The topological polar surface area (TPSA) is 110 Å². The molecule has 39 heavy (non-hydrogen) atoms. The lowest BCUT2D eigenvalue weighted by atomic mass is 9.66. The number of H-pyrrole nitrogens is 1. The molecule has 1 aromatic heterocycles. The molecule has 0 spiro atoms. The van der Waals surface area contributed by atoms with Crippen LogP contribution in [0.2, 0.25) is 0 Å². The Balaban J connectivity index is 1.91. The van der Waals surface area contributed by atoms with Crippen molar-refractivity contribution in [2.24, 2.45) is 0 Å². The molecule has 0 saturated heterocycles. The third-order valence-electron chi connectivity index (χ3n) is 6.54. The van der Waals surface area contributed by atoms with Crippen molar-refractivity contribution in [2.45, 2.75) is 24.3 Å². The number of carbonyl (C=O) groups excluding carboxylic acids is 3. The van der Waals surface area contributed by atoms with Gasteiger partial charge in [-0.25, -0.2) is 9.78 Å². The summed E-state index contributed by atoms with van der Waals surface area (Å²) < 4.78 is 10.1. The minimum Gasteiger partial charge on any atom is -0.469 e. The van der Waals surface area contributed by atoms with Crippen LogP contribution in [0.1, 0.15) is 45.7 Å². The molecule has 200 valence electrons. The molecule has 8 nitrogen and oxygen atoms in total. The Hall–Kier alpha value is -3.99. The van der Waals surface area contributed by atoms with Crippen molar-refractivity contribution in [1.29, 1.82) is 0 Å². The van der Waals surface area contributed by atoms with Gasteiger partial charge in [0.15, 0.2) is 9.53 Å². The third kappa shape index (κ3) is 5.88. The number of aromatic nitrogens is 2. The first kappa shape index (κ1) is 28.0. The number of imidazole rings is 1. The number of esters is 2. The fourth-order valence-electron chi connectivity index (χ4n) is 4.76. The van der Waals surface area contributed by atoms with E-state index in [1.807, 2.05) is 114 Å². The van der Waals surface area contributed by atoms with Crippen molar-refractivity contribution in [2.75, 3.05) is 14.2 Å². The summed E-state index contributed by atoms with van der Waals surface area (Å²) in [4.78, 5) is 46.0. The SMILES string of the molecule is COC(=O)CC[C@H](NC(=O)c1nc(I)[nH]c1C(c1ccccc1)(c1ccccc1)c1ccccc1)C(=O)OC. The Morgan fingerprint density at radius 1 is 0.846 bits per heavy atom. The Labute approximate surface area is 240 Å². The monoisotopic (exact) mass is 637 g/mol. The molecule has 0 aliphatic heterocycles. The number of halogens is 1. The van der Waals surface area contributed by atoms with Crippen LogP contribution in [0, 0.1) is 3.83 Å². The van der Waals surface area contributed by atoms with Crippen LogP contribution in [0.15, 0.2) is 91.0 Å². The van der Waals surface area contributed by atoms with Gasteiger partial charge in [-0.1, -0.05) is 91.0 Å². The Kier molecular flexibility index (Phi) is 9.13. The van der Waals surface area contributed by atoms with Crippen LogP contribution >= 0.6 is 22.6 Å². The molecule has 2 N–H and O–H groups in total. The number of nitrogens with zero attached hydrogens (tertiary/aromatic N) is 1. The Morgan fingerprint density at radius 3 is 1.77 bits per heavy atom. The average molecular weight is 637 g/mol. The van der Waals surface area contributed by atoms with Crippen molar-refractivity contribution in [3.63, 3.8) is 0 Å². The van der Waals surface area contributed by atoms with Gasteiger partial charge >= 0.3 is 11.9 Å². The first-order valence-corrected chi connectivity index (χ1v) is 13.4. The van der Waals surface area contributed by atoms with E-state index in [-0.39, 0.29) is 18.5 Å². The van der Waals surface area contributed by atoms with Crippen molar-refractivity contribution in [3.05, 3.63) is 123 Å². The molecular weight excluding hydrogens is 609 g/mol. The van der Waals surface area contributed by atoms with E-state index >= 15 is 0 Å². The van der Waals surface area contributed by atoms with Crippen LogP contribution in [-0.2, 0) is 24.5 Å². The van der Waals surface area contributed by atoms with E-state index in [1.165, 1.54) is 14.2 Å². The number of hydrogen-bond acceptors (Lipinski definition) is 6. The first-order valence-electron chi connectivity index (χ1n) is 12.3. The number of hydrogen-bond donors (Lipinski definition) is 2. The zero-order valence-corrected chi connectivity index (χ0v) is 23.7. The smallest absolute Gasteiger partial charge is 0.328 e. The molecule has 4 rings (SSSR count). The van der Waals surface area contributed by atoms with Crippen molar-refractivity contribution < 1.29 is 23.9 Å². The van der Waals surface area contributed by atoms with E-state index in [1.54, 1.807) is 0 Å². The van der Waals surface area contributed by atoms with Gasteiger partial charge in [0, 0.05) is 6.42 Å². The molecule has 3 aromatic carbocycles. The van der Waals surface area contributed by atoms with Gasteiger partial charge in [0.05, 0.1) is 25.3 Å². The van der Waals surface area contributed by atoms with E-state index in [0.717, 1.165) is 16.7 Å². The zero-order valence-electron chi connectivity index (χ0n) is 21.5. The van der Waals surface area contributed by atoms with Gasteiger partial charge in [-0.15, -0.1) is 0 Å². The molecule has 0 saturated carbocycles. The number of amides is 1. The average Bonchev–Trinajstić information content (AvgIpc) is 3.38. The zero-order chi connectivity index (χ0) is 27.8. The molecule has 1 amide bonds. The minimum absolute atomic E-state index is 0.0170. The van der Waals surface area contributed by atoms with Gasteiger partial charge in [0.2, 0.25) is 0 Å². The van der Waals surface area contributed by atoms with Crippen LogP contribution in [0.25, 0.3) is 0 Å². The third-order valence-corrected chi connectivity index (χ3v) is 7.05. The summed E-state index contributed by atoms with van der Waals surface area (Å²) in [5.41, 5.74) is 2.50. The molecular formula is C30H28IN3O5. The van der Waals surface area contributed by atoms with Crippen LogP contribution in [0.4, 0.5) is 0 Å². The van der Waals surface area contributed by atoms with Gasteiger partial charge in [0.1, 0.15) is 6.04 Å². The predicted octanol–water partition coefficient (Wildman–Crippen LogP) is 4.62. The Bertz CT molecular complexity index is 1330. The number of nitrogens with one attached hydrogen (secondary N) is 2. The maximum atomic E-state index is 13.8. The number of aromatic amines is 1. The second-order valence-electron chi connectivity index (χ2n) is 8.76. The van der Waals surface area contributed by atoms with Crippen LogP contribution in [-0.4, -0.2) is 48.1 Å². The van der Waals surface area contributed by atoms with Crippen LogP contribution < -0.4 is 5.32 Å². The highest BCUT2D eigenvalue weighted by atomic mass is 127. The quantitative estimate of drug-likeness (QED) is 0.149. The van der Waals surface area contributed by atoms with Crippen molar-refractivity contribution in [3.8, 4) is 0 Å². The maximum Gasteiger partial charge on any atom is 0.328 e. The highest BCUT2D eigenvalue weighted by molar-refractivity contribution is 14.1.